The molecule has 0 aliphatic heterocycles. The zero-order chi connectivity index (χ0) is 12.9. The summed E-state index contributed by atoms with van der Waals surface area (Å²) in [5, 5.41) is 9.65. The van der Waals surface area contributed by atoms with Crippen LogP contribution in [0.5, 0.6) is 5.75 Å². The molecule has 1 unspecified atom stereocenters. The molecule has 0 spiro atoms. The van der Waals surface area contributed by atoms with Gasteiger partial charge in [0.15, 0.2) is 17.4 Å². The molecule has 0 heterocycles. The molecule has 0 saturated carbocycles. The molecule has 1 N–H and O–H groups in total. The molecule has 17 heavy (non-hydrogen) atoms. The van der Waals surface area contributed by atoms with Crippen LogP contribution < -0.4 is 0 Å². The molecule has 96 valence electrons. The number of hydrogen-bond donors (Lipinski definition) is 1. The summed E-state index contributed by atoms with van der Waals surface area (Å²) >= 11 is 0. The van der Waals surface area contributed by atoms with Crippen molar-refractivity contribution in [1.82, 2.24) is 0 Å². The average molecular weight is 269 g/mol. The number of rotatable bonds is 6. The smallest absolute Gasteiger partial charge is 0.170 e. The molecule has 2 nitrogen and oxygen atoms in total. The van der Waals surface area contributed by atoms with Gasteiger partial charge in [-0.3, -0.25) is 0 Å². The lowest BCUT2D eigenvalue weighted by molar-refractivity contribution is 0.467. The Balaban J connectivity index is 2.31. The third-order valence-electron chi connectivity index (χ3n) is 2.60. The molecule has 4 heteroatoms. The Hall–Kier alpha value is -0.586. The highest BCUT2D eigenvalue weighted by molar-refractivity contribution is 6.77. The highest BCUT2D eigenvalue weighted by Crippen LogP contribution is 2.19. The second-order valence-electron chi connectivity index (χ2n) is 5.56. The summed E-state index contributed by atoms with van der Waals surface area (Å²) in [6.07, 6.45) is 2.08. The van der Waals surface area contributed by atoms with E-state index in [4.69, 9.17) is 4.12 Å². The molecule has 0 radical (unpaired) electrons. The van der Waals surface area contributed by atoms with Crippen molar-refractivity contribution in [3.05, 3.63) is 29.8 Å². The minimum absolute atomic E-state index is 0.424. The van der Waals surface area contributed by atoms with Crippen LogP contribution in [0.4, 0.5) is 0 Å². The van der Waals surface area contributed by atoms with Crippen LogP contribution in [0.15, 0.2) is 24.3 Å². The van der Waals surface area contributed by atoms with Gasteiger partial charge in [0.25, 0.3) is 0 Å². The Morgan fingerprint density at radius 1 is 1.24 bits per heavy atom. The maximum atomic E-state index is 9.65. The normalized spacial score (nSPS) is 13.6. The van der Waals surface area contributed by atoms with E-state index in [1.807, 2.05) is 18.2 Å². The molecule has 0 fully saturated rings. The quantitative estimate of drug-likeness (QED) is 0.800. The number of benzene rings is 1. The van der Waals surface area contributed by atoms with Gasteiger partial charge in [0.2, 0.25) is 0 Å². The second-order valence-corrected chi connectivity index (χ2v) is 12.9. The van der Waals surface area contributed by atoms with E-state index < -0.39 is 17.4 Å². The predicted octanol–water partition coefficient (Wildman–Crippen LogP) is 3.53. The summed E-state index contributed by atoms with van der Waals surface area (Å²) in [7, 11) is -2.35. The summed E-state index contributed by atoms with van der Waals surface area (Å²) < 4.78 is 6.12. The molecule has 0 aromatic heterocycles. The van der Waals surface area contributed by atoms with E-state index in [9.17, 15) is 5.11 Å². The third-order valence-corrected chi connectivity index (χ3v) is 8.26. The molecule has 0 aliphatic rings. The lowest BCUT2D eigenvalue weighted by Crippen LogP contribution is -2.32. The average Bonchev–Trinajstić information content (AvgIpc) is 2.18. The maximum absolute atomic E-state index is 9.65. The van der Waals surface area contributed by atoms with Crippen LogP contribution in [0.3, 0.4) is 0 Å². The zero-order valence-electron chi connectivity index (χ0n) is 11.4. The number of aromatic hydroxyl groups is 1. The van der Waals surface area contributed by atoms with Gasteiger partial charge in [0.05, 0.1) is 0 Å². The fraction of sp³-hybridized carbons (Fsp3) is 0.538. The fourth-order valence-electron chi connectivity index (χ4n) is 1.96. The number of phenolic OH excluding ortho intramolecular Hbond substituents is 1. The summed E-state index contributed by atoms with van der Waals surface area (Å²) in [5.74, 6) is 0.424. The second kappa shape index (κ2) is 6.37. The first kappa shape index (κ1) is 14.5. The first-order valence-corrected chi connectivity index (χ1v) is 12.2. The minimum Gasteiger partial charge on any atom is -0.508 e. The molecule has 1 atom stereocenters. The van der Waals surface area contributed by atoms with Crippen molar-refractivity contribution in [1.29, 1.82) is 0 Å². The minimum atomic E-state index is -1.35. The molecule has 0 amide bonds. The first-order chi connectivity index (χ1) is 7.88. The Kier molecular flexibility index (Phi) is 5.43. The third kappa shape index (κ3) is 6.05. The Morgan fingerprint density at radius 2 is 1.88 bits per heavy atom. The number of hydrogen-bond acceptors (Lipinski definition) is 2. The summed E-state index contributed by atoms with van der Waals surface area (Å²) in [6, 6.07) is 8.80. The summed E-state index contributed by atoms with van der Waals surface area (Å²) in [4.78, 5) is 0. The van der Waals surface area contributed by atoms with Crippen LogP contribution >= 0.6 is 0 Å². The molecular formula is C13H24O2Si2. The van der Waals surface area contributed by atoms with Gasteiger partial charge in [-0.25, -0.2) is 0 Å². The summed E-state index contributed by atoms with van der Waals surface area (Å²) in [6.45, 7) is 9.03. The van der Waals surface area contributed by atoms with Crippen molar-refractivity contribution in [3.63, 3.8) is 0 Å². The van der Waals surface area contributed by atoms with Crippen LogP contribution in [0.1, 0.15) is 12.0 Å². The van der Waals surface area contributed by atoms with Crippen LogP contribution in [0, 0.1) is 0 Å². The van der Waals surface area contributed by atoms with Gasteiger partial charge in [-0.1, -0.05) is 18.2 Å². The lowest BCUT2D eigenvalue weighted by atomic mass is 10.1. The van der Waals surface area contributed by atoms with E-state index in [1.165, 1.54) is 6.04 Å². The highest BCUT2D eigenvalue weighted by atomic mass is 28.4. The van der Waals surface area contributed by atoms with Gasteiger partial charge in [0, 0.05) is 0 Å². The van der Waals surface area contributed by atoms with E-state index >= 15 is 0 Å². The van der Waals surface area contributed by atoms with Crippen LogP contribution in [0.25, 0.3) is 0 Å². The zero-order valence-corrected chi connectivity index (χ0v) is 13.5. The van der Waals surface area contributed by atoms with Crippen molar-refractivity contribution in [2.75, 3.05) is 0 Å². The van der Waals surface area contributed by atoms with Gasteiger partial charge in [-0.05, 0) is 56.7 Å². The Labute approximate surface area is 107 Å². The van der Waals surface area contributed by atoms with Crippen molar-refractivity contribution in [2.24, 2.45) is 0 Å². The van der Waals surface area contributed by atoms with E-state index in [2.05, 4.69) is 26.2 Å². The van der Waals surface area contributed by atoms with Crippen molar-refractivity contribution in [2.45, 2.75) is 45.1 Å². The van der Waals surface area contributed by atoms with Gasteiger partial charge in [0.1, 0.15) is 5.75 Å². The first-order valence-electron chi connectivity index (χ1n) is 6.33. The molecular weight excluding hydrogens is 244 g/mol. The van der Waals surface area contributed by atoms with E-state index in [-0.39, 0.29) is 0 Å². The number of para-hydroxylation sites is 1. The highest BCUT2D eigenvalue weighted by Gasteiger charge is 2.18. The van der Waals surface area contributed by atoms with Gasteiger partial charge in [-0.2, -0.15) is 0 Å². The van der Waals surface area contributed by atoms with Crippen LogP contribution in [0.2, 0.25) is 32.2 Å². The van der Waals surface area contributed by atoms with Crippen LogP contribution in [-0.4, -0.2) is 22.5 Å². The maximum Gasteiger partial charge on any atom is 0.170 e. The van der Waals surface area contributed by atoms with Crippen molar-refractivity contribution < 1.29 is 9.22 Å². The van der Waals surface area contributed by atoms with Gasteiger partial charge < -0.3 is 9.22 Å². The van der Waals surface area contributed by atoms with Crippen LogP contribution in [-0.2, 0) is 10.5 Å². The Bertz CT molecular complexity index is 348. The molecule has 1 rings (SSSR count). The largest absolute Gasteiger partial charge is 0.508 e. The lowest BCUT2D eigenvalue weighted by Gasteiger charge is -2.23. The molecule has 0 aliphatic carbocycles. The standard InChI is InChI=1S/C13H24O2Si2/c1-16(15-17(2,3)4)11-7-9-12-8-5-6-10-13(12)14/h5-6,8,10,14,16H,7,9,11H2,1-4H3. The van der Waals surface area contributed by atoms with Gasteiger partial charge >= 0.3 is 0 Å². The van der Waals surface area contributed by atoms with Crippen molar-refractivity contribution in [3.8, 4) is 5.75 Å². The fourth-order valence-corrected chi connectivity index (χ4v) is 8.04. The molecule has 0 bridgehead atoms. The monoisotopic (exact) mass is 268 g/mol. The SMILES string of the molecule is C[SiH](CCCc1ccccc1O)O[Si](C)(C)C. The topological polar surface area (TPSA) is 29.5 Å². The molecule has 1 aromatic rings. The summed E-state index contributed by atoms with van der Waals surface area (Å²) in [5.41, 5.74) is 1.06. The number of phenols is 1. The molecule has 0 saturated heterocycles. The van der Waals surface area contributed by atoms with E-state index in [0.717, 1.165) is 18.4 Å². The van der Waals surface area contributed by atoms with Crippen molar-refractivity contribution >= 4 is 17.4 Å². The Morgan fingerprint density at radius 3 is 2.47 bits per heavy atom. The van der Waals surface area contributed by atoms with E-state index in [1.54, 1.807) is 6.07 Å². The predicted molar refractivity (Wildman–Crippen MR) is 78.7 cm³/mol. The van der Waals surface area contributed by atoms with Gasteiger partial charge in [-0.15, -0.1) is 0 Å². The van der Waals surface area contributed by atoms with E-state index in [0.29, 0.717) is 5.75 Å². The molecule has 1 aromatic carbocycles. The number of aryl methyl sites for hydroxylation is 1.